The van der Waals surface area contributed by atoms with Gasteiger partial charge in [0.05, 0.1) is 12.0 Å². The topological polar surface area (TPSA) is 46.5 Å². The van der Waals surface area contributed by atoms with Crippen LogP contribution in [0.2, 0.25) is 0 Å². The van der Waals surface area contributed by atoms with Gasteiger partial charge in [0.15, 0.2) is 5.16 Å². The molecule has 2 heterocycles. The molecule has 0 amide bonds. The summed E-state index contributed by atoms with van der Waals surface area (Å²) >= 11 is 1.69. The summed E-state index contributed by atoms with van der Waals surface area (Å²) in [7, 11) is 1.99. The first-order valence-electron chi connectivity index (χ1n) is 4.36. The highest BCUT2D eigenvalue weighted by Crippen LogP contribution is 2.20. The highest BCUT2D eigenvalue weighted by Gasteiger charge is 2.04. The van der Waals surface area contributed by atoms with Crippen LogP contribution in [0.1, 0.15) is 11.4 Å². The van der Waals surface area contributed by atoms with E-state index in [-0.39, 0.29) is 0 Å². The van der Waals surface area contributed by atoms with Crippen LogP contribution in [0, 0.1) is 6.92 Å². The Labute approximate surface area is 86.8 Å². The lowest BCUT2D eigenvalue weighted by molar-refractivity contribution is 0.789. The molecule has 0 aromatic carbocycles. The number of hydrogen-bond donors (Lipinski definition) is 1. The van der Waals surface area contributed by atoms with E-state index >= 15 is 0 Å². The number of aromatic nitrogens is 4. The Hall–Kier alpha value is -1.23. The molecule has 2 aromatic heterocycles. The molecular weight excluding hydrogens is 196 g/mol. The van der Waals surface area contributed by atoms with Crippen molar-refractivity contribution in [2.75, 3.05) is 0 Å². The fourth-order valence-electron chi connectivity index (χ4n) is 1.16. The molecule has 0 aliphatic rings. The zero-order chi connectivity index (χ0) is 9.97. The maximum absolute atomic E-state index is 4.23. The summed E-state index contributed by atoms with van der Waals surface area (Å²) in [5.74, 6) is 0.861. The second-order valence-corrected chi connectivity index (χ2v) is 4.03. The van der Waals surface area contributed by atoms with E-state index in [2.05, 4.69) is 15.0 Å². The molecule has 0 saturated heterocycles. The summed E-state index contributed by atoms with van der Waals surface area (Å²) in [5, 5.41) is 1.02. The van der Waals surface area contributed by atoms with Gasteiger partial charge in [-0.05, 0) is 6.92 Å². The number of hydrogen-bond acceptors (Lipinski definition) is 3. The molecule has 1 N–H and O–H groups in total. The summed E-state index contributed by atoms with van der Waals surface area (Å²) in [4.78, 5) is 11.5. The second kappa shape index (κ2) is 3.88. The van der Waals surface area contributed by atoms with Crippen LogP contribution in [0.3, 0.4) is 0 Å². The van der Waals surface area contributed by atoms with Crippen molar-refractivity contribution in [3.8, 4) is 0 Å². The van der Waals surface area contributed by atoms with Crippen LogP contribution in [0.4, 0.5) is 0 Å². The van der Waals surface area contributed by atoms with Crippen molar-refractivity contribution < 1.29 is 0 Å². The van der Waals surface area contributed by atoms with Crippen LogP contribution in [-0.2, 0) is 12.8 Å². The monoisotopic (exact) mass is 208 g/mol. The molecule has 2 rings (SSSR count). The lowest BCUT2D eigenvalue weighted by Crippen LogP contribution is -1.91. The maximum atomic E-state index is 4.23. The van der Waals surface area contributed by atoms with Gasteiger partial charge >= 0.3 is 0 Å². The van der Waals surface area contributed by atoms with Crippen LogP contribution in [0.15, 0.2) is 23.9 Å². The van der Waals surface area contributed by atoms with Gasteiger partial charge in [-0.3, -0.25) is 0 Å². The van der Waals surface area contributed by atoms with Crippen molar-refractivity contribution in [3.05, 3.63) is 30.1 Å². The van der Waals surface area contributed by atoms with Crippen LogP contribution in [0.5, 0.6) is 0 Å². The minimum atomic E-state index is 0.861. The standard InChI is InChI=1S/C9H12N4S/c1-7-8(12-6-11-7)5-14-9-10-3-4-13(9)2/h3-4,6H,5H2,1-2H3,(H,11,12). The molecule has 14 heavy (non-hydrogen) atoms. The molecule has 4 nitrogen and oxygen atoms in total. The third-order valence-corrected chi connectivity index (χ3v) is 3.12. The minimum absolute atomic E-state index is 0.861. The molecular formula is C9H12N4S. The van der Waals surface area contributed by atoms with Gasteiger partial charge in [0.2, 0.25) is 0 Å². The van der Waals surface area contributed by atoms with E-state index in [0.29, 0.717) is 0 Å². The lowest BCUT2D eigenvalue weighted by atomic mass is 10.4. The fraction of sp³-hybridized carbons (Fsp3) is 0.333. The molecule has 0 spiro atoms. The molecule has 0 atom stereocenters. The number of H-pyrrole nitrogens is 1. The molecule has 0 aliphatic heterocycles. The van der Waals surface area contributed by atoms with E-state index in [1.165, 1.54) is 0 Å². The Morgan fingerprint density at radius 1 is 1.50 bits per heavy atom. The van der Waals surface area contributed by atoms with Gasteiger partial charge < -0.3 is 9.55 Å². The van der Waals surface area contributed by atoms with E-state index in [1.54, 1.807) is 24.3 Å². The number of rotatable bonds is 3. The van der Waals surface area contributed by atoms with Crippen molar-refractivity contribution in [1.82, 2.24) is 19.5 Å². The summed E-state index contributed by atoms with van der Waals surface area (Å²) in [6, 6.07) is 0. The van der Waals surface area contributed by atoms with Crippen LogP contribution >= 0.6 is 11.8 Å². The van der Waals surface area contributed by atoms with E-state index in [1.807, 2.05) is 24.7 Å². The van der Waals surface area contributed by atoms with E-state index in [0.717, 1.165) is 22.3 Å². The van der Waals surface area contributed by atoms with Gasteiger partial charge in [-0.15, -0.1) is 0 Å². The Morgan fingerprint density at radius 3 is 2.93 bits per heavy atom. The summed E-state index contributed by atoms with van der Waals surface area (Å²) < 4.78 is 2.01. The molecule has 0 bridgehead atoms. The van der Waals surface area contributed by atoms with Crippen molar-refractivity contribution in [1.29, 1.82) is 0 Å². The quantitative estimate of drug-likeness (QED) is 0.782. The van der Waals surface area contributed by atoms with Crippen molar-refractivity contribution in [2.24, 2.45) is 7.05 Å². The van der Waals surface area contributed by atoms with Crippen molar-refractivity contribution in [3.63, 3.8) is 0 Å². The Bertz CT molecular complexity index is 378. The molecule has 74 valence electrons. The fourth-order valence-corrected chi connectivity index (χ4v) is 2.11. The van der Waals surface area contributed by atoms with Gasteiger partial charge in [0, 0.05) is 30.9 Å². The number of nitrogens with zero attached hydrogens (tertiary/aromatic N) is 3. The van der Waals surface area contributed by atoms with Crippen molar-refractivity contribution >= 4 is 11.8 Å². The SMILES string of the molecule is Cc1[nH]cnc1CSc1nccn1C. The predicted molar refractivity (Wildman–Crippen MR) is 56.1 cm³/mol. The van der Waals surface area contributed by atoms with Crippen LogP contribution in [-0.4, -0.2) is 19.5 Å². The molecule has 0 saturated carbocycles. The van der Waals surface area contributed by atoms with Gasteiger partial charge in [-0.25, -0.2) is 9.97 Å². The molecule has 0 fully saturated rings. The first-order chi connectivity index (χ1) is 6.77. The highest BCUT2D eigenvalue weighted by atomic mass is 32.2. The molecule has 2 aromatic rings. The smallest absolute Gasteiger partial charge is 0.168 e. The zero-order valence-electron chi connectivity index (χ0n) is 8.19. The summed E-state index contributed by atoms with van der Waals surface area (Å²) in [6.07, 6.45) is 5.48. The van der Waals surface area contributed by atoms with Crippen LogP contribution in [0.25, 0.3) is 0 Å². The summed E-state index contributed by atoms with van der Waals surface area (Å²) in [5.41, 5.74) is 2.23. The summed E-state index contributed by atoms with van der Waals surface area (Å²) in [6.45, 7) is 2.03. The van der Waals surface area contributed by atoms with E-state index in [9.17, 15) is 0 Å². The molecule has 0 aliphatic carbocycles. The Balaban J connectivity index is 2.02. The third kappa shape index (κ3) is 1.82. The second-order valence-electron chi connectivity index (χ2n) is 3.08. The maximum Gasteiger partial charge on any atom is 0.168 e. The lowest BCUT2D eigenvalue weighted by Gasteiger charge is -1.99. The first-order valence-corrected chi connectivity index (χ1v) is 5.35. The van der Waals surface area contributed by atoms with E-state index < -0.39 is 0 Å². The minimum Gasteiger partial charge on any atom is -0.348 e. The highest BCUT2D eigenvalue weighted by molar-refractivity contribution is 7.98. The van der Waals surface area contributed by atoms with Gasteiger partial charge in [-0.1, -0.05) is 11.8 Å². The third-order valence-electron chi connectivity index (χ3n) is 2.05. The average Bonchev–Trinajstić information content (AvgIpc) is 2.72. The Morgan fingerprint density at radius 2 is 2.36 bits per heavy atom. The molecule has 0 radical (unpaired) electrons. The molecule has 0 unspecified atom stereocenters. The Kier molecular flexibility index (Phi) is 2.58. The number of aryl methyl sites for hydroxylation is 2. The van der Waals surface area contributed by atoms with Crippen molar-refractivity contribution in [2.45, 2.75) is 17.8 Å². The van der Waals surface area contributed by atoms with Crippen LogP contribution < -0.4 is 0 Å². The molecule has 5 heteroatoms. The predicted octanol–water partition coefficient (Wildman–Crippen LogP) is 1.74. The normalized spacial score (nSPS) is 10.7. The zero-order valence-corrected chi connectivity index (χ0v) is 9.01. The number of nitrogens with one attached hydrogen (secondary N) is 1. The van der Waals surface area contributed by atoms with Gasteiger partial charge in [-0.2, -0.15) is 0 Å². The van der Waals surface area contributed by atoms with Gasteiger partial charge in [0.25, 0.3) is 0 Å². The number of imidazole rings is 2. The number of thioether (sulfide) groups is 1. The van der Waals surface area contributed by atoms with Gasteiger partial charge in [0.1, 0.15) is 0 Å². The van der Waals surface area contributed by atoms with E-state index in [4.69, 9.17) is 0 Å². The largest absolute Gasteiger partial charge is 0.348 e. The number of aromatic amines is 1. The average molecular weight is 208 g/mol. The first kappa shape index (κ1) is 9.33.